The highest BCUT2D eigenvalue weighted by atomic mass is 16.3. The van der Waals surface area contributed by atoms with Gasteiger partial charge in [-0.1, -0.05) is 30.3 Å². The predicted octanol–water partition coefficient (Wildman–Crippen LogP) is 2.44. The van der Waals surface area contributed by atoms with E-state index >= 15 is 0 Å². The predicted molar refractivity (Wildman–Crippen MR) is 107 cm³/mol. The van der Waals surface area contributed by atoms with E-state index < -0.39 is 0 Å². The van der Waals surface area contributed by atoms with Crippen molar-refractivity contribution >= 4 is 0 Å². The molecule has 0 aliphatic carbocycles. The number of aliphatic hydroxyl groups is 1. The smallest absolute Gasteiger partial charge is 0.0597 e. The van der Waals surface area contributed by atoms with Gasteiger partial charge in [0.25, 0.3) is 0 Å². The van der Waals surface area contributed by atoms with Crippen LogP contribution in [0.15, 0.2) is 36.4 Å². The van der Waals surface area contributed by atoms with Gasteiger partial charge in [0.05, 0.1) is 11.4 Å². The first kappa shape index (κ1) is 18.7. The Kier molecular flexibility index (Phi) is 5.35. The zero-order chi connectivity index (χ0) is 18.9. The fourth-order valence-corrected chi connectivity index (χ4v) is 5.12. The van der Waals surface area contributed by atoms with Crippen molar-refractivity contribution in [3.8, 4) is 0 Å². The summed E-state index contributed by atoms with van der Waals surface area (Å²) in [4.78, 5) is 5.10. The van der Waals surface area contributed by atoms with E-state index in [2.05, 4.69) is 58.2 Å². The second-order valence-corrected chi connectivity index (χ2v) is 8.57. The fraction of sp³-hybridized carbons (Fsp3) is 0.591. The number of nitrogens with zero attached hydrogens (tertiary/aromatic N) is 4. The highest BCUT2D eigenvalue weighted by Crippen LogP contribution is 2.45. The molecule has 0 amide bonds. The first-order valence-corrected chi connectivity index (χ1v) is 10.2. The molecule has 2 fully saturated rings. The van der Waals surface area contributed by atoms with Crippen LogP contribution in [0.1, 0.15) is 29.8 Å². The molecule has 1 aromatic heterocycles. The maximum absolute atomic E-state index is 10.1. The standard InChI is InChI=1S/C22H32N4O/c1-18-12-21(24(2)23-18)15-25-10-8-22(9-11-25)17-26(14-20(22)16-27)13-19-6-4-3-5-7-19/h3-7,12,20,27H,8-11,13-17H2,1-2H3. The molecule has 27 heavy (non-hydrogen) atoms. The molecule has 5 heteroatoms. The Bertz CT molecular complexity index is 749. The number of aromatic nitrogens is 2. The largest absolute Gasteiger partial charge is 0.396 e. The third-order valence-corrected chi connectivity index (χ3v) is 6.69. The molecule has 0 bridgehead atoms. The van der Waals surface area contributed by atoms with Crippen LogP contribution in [0.3, 0.4) is 0 Å². The van der Waals surface area contributed by atoms with Gasteiger partial charge in [-0.05, 0) is 49.9 Å². The third kappa shape index (κ3) is 3.96. The first-order chi connectivity index (χ1) is 13.1. The average molecular weight is 369 g/mol. The van der Waals surface area contributed by atoms with Crippen LogP contribution in [0.25, 0.3) is 0 Å². The molecule has 0 saturated carbocycles. The van der Waals surface area contributed by atoms with Crippen LogP contribution in [0.4, 0.5) is 0 Å². The molecule has 1 unspecified atom stereocenters. The van der Waals surface area contributed by atoms with Crippen LogP contribution >= 0.6 is 0 Å². The number of hydrogen-bond acceptors (Lipinski definition) is 4. The van der Waals surface area contributed by atoms with E-state index in [1.807, 2.05) is 11.7 Å². The zero-order valence-electron chi connectivity index (χ0n) is 16.6. The number of piperidine rings is 1. The maximum Gasteiger partial charge on any atom is 0.0597 e. The minimum absolute atomic E-state index is 0.280. The summed E-state index contributed by atoms with van der Waals surface area (Å²) in [5.74, 6) is 0.405. The van der Waals surface area contributed by atoms with Crippen molar-refractivity contribution in [1.29, 1.82) is 0 Å². The van der Waals surface area contributed by atoms with Crippen LogP contribution in [0.2, 0.25) is 0 Å². The van der Waals surface area contributed by atoms with Crippen molar-refractivity contribution in [1.82, 2.24) is 19.6 Å². The summed E-state index contributed by atoms with van der Waals surface area (Å²) >= 11 is 0. The van der Waals surface area contributed by atoms with E-state index in [-0.39, 0.29) is 5.41 Å². The molecule has 1 N–H and O–H groups in total. The van der Waals surface area contributed by atoms with E-state index in [4.69, 9.17) is 0 Å². The maximum atomic E-state index is 10.1. The molecule has 1 spiro atoms. The van der Waals surface area contributed by atoms with Gasteiger partial charge in [0, 0.05) is 45.8 Å². The number of benzene rings is 1. The summed E-state index contributed by atoms with van der Waals surface area (Å²) in [5, 5.41) is 14.5. The molecule has 3 heterocycles. The lowest BCUT2D eigenvalue weighted by Crippen LogP contribution is -2.44. The molecule has 2 aliphatic rings. The minimum Gasteiger partial charge on any atom is -0.396 e. The van der Waals surface area contributed by atoms with E-state index in [0.717, 1.165) is 45.0 Å². The Morgan fingerprint density at radius 3 is 2.48 bits per heavy atom. The lowest BCUT2D eigenvalue weighted by atomic mass is 9.71. The molecule has 4 rings (SSSR count). The molecule has 5 nitrogen and oxygen atoms in total. The topological polar surface area (TPSA) is 44.5 Å². The van der Waals surface area contributed by atoms with Gasteiger partial charge in [0.2, 0.25) is 0 Å². The van der Waals surface area contributed by atoms with Crippen molar-refractivity contribution in [3.63, 3.8) is 0 Å². The summed E-state index contributed by atoms with van der Waals surface area (Å²) in [5.41, 5.74) is 4.03. The van der Waals surface area contributed by atoms with Gasteiger partial charge in [-0.3, -0.25) is 14.5 Å². The van der Waals surface area contributed by atoms with Gasteiger partial charge >= 0.3 is 0 Å². The molecule has 2 saturated heterocycles. The van der Waals surface area contributed by atoms with Crippen molar-refractivity contribution in [2.24, 2.45) is 18.4 Å². The number of hydrogen-bond donors (Lipinski definition) is 1. The molecule has 1 atom stereocenters. The molecule has 1 aromatic carbocycles. The van der Waals surface area contributed by atoms with E-state index in [1.165, 1.54) is 24.1 Å². The quantitative estimate of drug-likeness (QED) is 0.880. The number of likely N-dealkylation sites (tertiary alicyclic amines) is 2. The summed E-state index contributed by atoms with van der Waals surface area (Å²) < 4.78 is 2.01. The highest BCUT2D eigenvalue weighted by Gasteiger charge is 2.47. The van der Waals surface area contributed by atoms with Crippen LogP contribution in [-0.2, 0) is 20.1 Å². The van der Waals surface area contributed by atoms with E-state index in [0.29, 0.717) is 12.5 Å². The fourth-order valence-electron chi connectivity index (χ4n) is 5.12. The van der Waals surface area contributed by atoms with Crippen LogP contribution in [0.5, 0.6) is 0 Å². The zero-order valence-corrected chi connectivity index (χ0v) is 16.6. The van der Waals surface area contributed by atoms with Crippen molar-refractivity contribution in [2.75, 3.05) is 32.8 Å². The normalized spacial score (nSPS) is 23.3. The van der Waals surface area contributed by atoms with Crippen LogP contribution in [-0.4, -0.2) is 57.5 Å². The van der Waals surface area contributed by atoms with E-state index in [1.54, 1.807) is 0 Å². The second kappa shape index (κ2) is 7.74. The molecular formula is C22H32N4O. The van der Waals surface area contributed by atoms with Crippen molar-refractivity contribution in [3.05, 3.63) is 53.3 Å². The Morgan fingerprint density at radius 2 is 1.85 bits per heavy atom. The molecule has 2 aliphatic heterocycles. The van der Waals surface area contributed by atoms with Gasteiger partial charge in [-0.25, -0.2) is 0 Å². The monoisotopic (exact) mass is 368 g/mol. The number of rotatable bonds is 5. The third-order valence-electron chi connectivity index (χ3n) is 6.69. The van der Waals surface area contributed by atoms with Crippen molar-refractivity contribution < 1.29 is 5.11 Å². The minimum atomic E-state index is 0.280. The highest BCUT2D eigenvalue weighted by molar-refractivity contribution is 5.15. The molecule has 146 valence electrons. The lowest BCUT2D eigenvalue weighted by Gasteiger charge is -2.42. The first-order valence-electron chi connectivity index (χ1n) is 10.2. The summed E-state index contributed by atoms with van der Waals surface area (Å²) in [7, 11) is 2.04. The lowest BCUT2D eigenvalue weighted by molar-refractivity contribution is 0.0473. The van der Waals surface area contributed by atoms with Gasteiger partial charge in [0.1, 0.15) is 0 Å². The van der Waals surface area contributed by atoms with Gasteiger partial charge in [-0.15, -0.1) is 0 Å². The summed E-state index contributed by atoms with van der Waals surface area (Å²) in [6.45, 7) is 8.70. The molecule has 2 aromatic rings. The SMILES string of the molecule is Cc1cc(CN2CCC3(CC2)CN(Cc2ccccc2)CC3CO)n(C)n1. The summed E-state index contributed by atoms with van der Waals surface area (Å²) in [6, 6.07) is 12.9. The van der Waals surface area contributed by atoms with Crippen LogP contribution < -0.4 is 0 Å². The molecular weight excluding hydrogens is 336 g/mol. The molecule has 0 radical (unpaired) electrons. The Hall–Kier alpha value is -1.69. The Labute approximate surface area is 162 Å². The number of aliphatic hydroxyl groups excluding tert-OH is 1. The van der Waals surface area contributed by atoms with Gasteiger partial charge in [-0.2, -0.15) is 5.10 Å². The number of aryl methyl sites for hydroxylation is 2. The summed E-state index contributed by atoms with van der Waals surface area (Å²) in [6.07, 6.45) is 2.36. The van der Waals surface area contributed by atoms with Crippen molar-refractivity contribution in [2.45, 2.75) is 32.9 Å². The van der Waals surface area contributed by atoms with Gasteiger partial charge in [0.15, 0.2) is 0 Å². The van der Waals surface area contributed by atoms with Gasteiger partial charge < -0.3 is 5.11 Å². The average Bonchev–Trinajstić information content (AvgIpc) is 3.16. The van der Waals surface area contributed by atoms with Crippen LogP contribution in [0, 0.1) is 18.3 Å². The Morgan fingerprint density at radius 1 is 1.11 bits per heavy atom. The Balaban J connectivity index is 1.38. The second-order valence-electron chi connectivity index (χ2n) is 8.57. The van der Waals surface area contributed by atoms with E-state index in [9.17, 15) is 5.11 Å².